The number of pyridine rings is 2. The van der Waals surface area contributed by atoms with Crippen molar-refractivity contribution in [2.75, 3.05) is 17.7 Å². The first-order valence-corrected chi connectivity index (χ1v) is 10.3. The molecule has 4 heterocycles. The number of aromatic nitrogens is 8. The Morgan fingerprint density at radius 1 is 1.00 bits per heavy atom. The van der Waals surface area contributed by atoms with Gasteiger partial charge in [-0.25, -0.2) is 15.0 Å². The van der Waals surface area contributed by atoms with E-state index in [1.807, 2.05) is 50.2 Å². The van der Waals surface area contributed by atoms with Crippen LogP contribution >= 0.6 is 0 Å². The van der Waals surface area contributed by atoms with E-state index in [-0.39, 0.29) is 0 Å². The molecular formula is C22H22N10O. The normalized spacial score (nSPS) is 11.0. The quantitative estimate of drug-likeness (QED) is 0.360. The van der Waals surface area contributed by atoms with Crippen molar-refractivity contribution in [3.05, 3.63) is 54.0 Å². The highest BCUT2D eigenvalue weighted by molar-refractivity contribution is 5.92. The molecule has 0 bridgehead atoms. The number of imidazole rings is 1. The summed E-state index contributed by atoms with van der Waals surface area (Å²) in [5, 5.41) is 19.0. The van der Waals surface area contributed by atoms with Crippen LogP contribution in [-0.4, -0.2) is 47.3 Å². The number of para-hydroxylation sites is 1. The zero-order valence-corrected chi connectivity index (χ0v) is 18.6. The van der Waals surface area contributed by atoms with Gasteiger partial charge in [-0.15, -0.1) is 10.2 Å². The number of tetrazole rings is 1. The first-order valence-electron chi connectivity index (χ1n) is 10.3. The van der Waals surface area contributed by atoms with Crippen LogP contribution in [0.25, 0.3) is 22.6 Å². The van der Waals surface area contributed by atoms with E-state index in [1.54, 1.807) is 20.4 Å². The van der Waals surface area contributed by atoms with Gasteiger partial charge in [0.25, 0.3) is 0 Å². The van der Waals surface area contributed by atoms with E-state index in [1.165, 1.54) is 4.80 Å². The standard InChI is InChI=1S/C22H22N10O/c1-12-8-9-17(23-11-12)27-18-10-16(19-22(28-18)25-13(2)24-19)26-15-7-5-6-14(20(15)33-4)21-29-31-32(3)30-21/h5-11H,1-4H3,(H3,23,24,25,26,27,28). The van der Waals surface area contributed by atoms with E-state index in [4.69, 9.17) is 4.74 Å². The minimum absolute atomic E-state index is 0.473. The van der Waals surface area contributed by atoms with Crippen LogP contribution in [0.1, 0.15) is 11.4 Å². The number of aromatic amines is 1. The summed E-state index contributed by atoms with van der Waals surface area (Å²) in [5.74, 6) is 3.15. The molecule has 0 aliphatic carbocycles. The summed E-state index contributed by atoms with van der Waals surface area (Å²) in [7, 11) is 3.33. The highest BCUT2D eigenvalue weighted by atomic mass is 16.5. The second kappa shape index (κ2) is 8.19. The fraction of sp³-hybridized carbons (Fsp3) is 0.182. The van der Waals surface area contributed by atoms with Crippen molar-refractivity contribution in [3.63, 3.8) is 0 Å². The molecule has 0 saturated heterocycles. The summed E-state index contributed by atoms with van der Waals surface area (Å²) in [6.07, 6.45) is 1.80. The molecule has 0 aliphatic heterocycles. The predicted octanol–water partition coefficient (Wildman–Crippen LogP) is 3.66. The Kier molecular flexibility index (Phi) is 5.05. The van der Waals surface area contributed by atoms with Gasteiger partial charge in [0, 0.05) is 12.3 Å². The summed E-state index contributed by atoms with van der Waals surface area (Å²) in [4.78, 5) is 18.3. The molecule has 0 unspecified atom stereocenters. The Morgan fingerprint density at radius 2 is 1.88 bits per heavy atom. The van der Waals surface area contributed by atoms with Crippen LogP contribution in [0.4, 0.5) is 23.0 Å². The van der Waals surface area contributed by atoms with Gasteiger partial charge >= 0.3 is 0 Å². The smallest absolute Gasteiger partial charge is 0.208 e. The van der Waals surface area contributed by atoms with Crippen molar-refractivity contribution in [3.8, 4) is 17.1 Å². The summed E-state index contributed by atoms with van der Waals surface area (Å²) < 4.78 is 5.72. The van der Waals surface area contributed by atoms with Crippen LogP contribution in [0, 0.1) is 13.8 Å². The molecule has 11 nitrogen and oxygen atoms in total. The number of hydrogen-bond donors (Lipinski definition) is 3. The molecule has 0 spiro atoms. The van der Waals surface area contributed by atoms with Gasteiger partial charge in [-0.05, 0) is 42.8 Å². The largest absolute Gasteiger partial charge is 0.494 e. The average Bonchev–Trinajstić information content (AvgIpc) is 3.40. The van der Waals surface area contributed by atoms with E-state index in [2.05, 4.69) is 46.0 Å². The summed E-state index contributed by atoms with van der Waals surface area (Å²) in [6.45, 7) is 3.88. The van der Waals surface area contributed by atoms with Gasteiger partial charge in [0.1, 0.15) is 23.0 Å². The molecule has 166 valence electrons. The molecule has 0 saturated carbocycles. The second-order valence-electron chi connectivity index (χ2n) is 7.53. The number of ether oxygens (including phenoxy) is 1. The molecule has 0 amide bonds. The van der Waals surface area contributed by atoms with Crippen LogP contribution in [0.15, 0.2) is 42.6 Å². The Labute approximate surface area is 189 Å². The molecule has 5 rings (SSSR count). The number of fused-ring (bicyclic) bond motifs is 1. The minimum Gasteiger partial charge on any atom is -0.494 e. The molecule has 0 atom stereocenters. The number of nitrogens with zero attached hydrogens (tertiary/aromatic N) is 7. The van der Waals surface area contributed by atoms with Crippen molar-refractivity contribution < 1.29 is 4.74 Å². The lowest BCUT2D eigenvalue weighted by Gasteiger charge is -2.15. The maximum atomic E-state index is 5.72. The third-order valence-corrected chi connectivity index (χ3v) is 4.98. The summed E-state index contributed by atoms with van der Waals surface area (Å²) in [6, 6.07) is 11.5. The van der Waals surface area contributed by atoms with Gasteiger partial charge in [-0.3, -0.25) is 0 Å². The number of anilines is 4. The van der Waals surface area contributed by atoms with Gasteiger partial charge in [0.05, 0.1) is 31.1 Å². The number of H-pyrrole nitrogens is 1. The number of aryl methyl sites for hydroxylation is 3. The van der Waals surface area contributed by atoms with E-state index in [9.17, 15) is 0 Å². The van der Waals surface area contributed by atoms with Crippen molar-refractivity contribution in [2.45, 2.75) is 13.8 Å². The summed E-state index contributed by atoms with van der Waals surface area (Å²) >= 11 is 0. The number of methoxy groups -OCH3 is 1. The molecule has 4 aromatic heterocycles. The fourth-order valence-corrected chi connectivity index (χ4v) is 3.51. The lowest BCUT2D eigenvalue weighted by Crippen LogP contribution is -2.01. The first kappa shape index (κ1) is 20.4. The Balaban J connectivity index is 1.56. The minimum atomic E-state index is 0.473. The molecule has 5 aromatic rings. The highest BCUT2D eigenvalue weighted by Gasteiger charge is 2.17. The Morgan fingerprint density at radius 3 is 2.61 bits per heavy atom. The van der Waals surface area contributed by atoms with Gasteiger partial charge in [-0.1, -0.05) is 12.1 Å². The van der Waals surface area contributed by atoms with Crippen molar-refractivity contribution in [1.82, 2.24) is 40.1 Å². The molecule has 33 heavy (non-hydrogen) atoms. The van der Waals surface area contributed by atoms with Crippen LogP contribution in [-0.2, 0) is 7.05 Å². The van der Waals surface area contributed by atoms with E-state index in [0.717, 1.165) is 28.3 Å². The third-order valence-electron chi connectivity index (χ3n) is 4.98. The molecule has 0 aliphatic rings. The number of benzene rings is 1. The lowest BCUT2D eigenvalue weighted by molar-refractivity contribution is 0.418. The van der Waals surface area contributed by atoms with Gasteiger partial charge < -0.3 is 20.4 Å². The van der Waals surface area contributed by atoms with Crippen molar-refractivity contribution >= 4 is 34.2 Å². The van der Waals surface area contributed by atoms with Gasteiger partial charge in [0.2, 0.25) is 5.82 Å². The number of nitrogens with one attached hydrogen (secondary N) is 3. The van der Waals surface area contributed by atoms with E-state index in [0.29, 0.717) is 34.4 Å². The molecular weight excluding hydrogens is 420 g/mol. The average molecular weight is 442 g/mol. The SMILES string of the molecule is COc1c(Nc2cc(Nc3ccc(C)cn3)nc3[nH]c(C)nc23)cccc1-c1nnn(C)n1. The van der Waals surface area contributed by atoms with Crippen LogP contribution in [0.2, 0.25) is 0 Å². The number of rotatable bonds is 6. The zero-order chi connectivity index (χ0) is 22.9. The monoisotopic (exact) mass is 442 g/mol. The fourth-order valence-electron chi connectivity index (χ4n) is 3.51. The highest BCUT2D eigenvalue weighted by Crippen LogP contribution is 2.37. The summed E-state index contributed by atoms with van der Waals surface area (Å²) in [5.41, 5.74) is 4.65. The Hall–Kier alpha value is -4.54. The maximum Gasteiger partial charge on any atom is 0.208 e. The molecule has 1 aromatic carbocycles. The van der Waals surface area contributed by atoms with Crippen LogP contribution in [0.3, 0.4) is 0 Å². The number of hydrogen-bond acceptors (Lipinski definition) is 9. The van der Waals surface area contributed by atoms with Gasteiger partial charge in [0.15, 0.2) is 11.4 Å². The maximum absolute atomic E-state index is 5.72. The Bertz CT molecular complexity index is 1440. The predicted molar refractivity (Wildman–Crippen MR) is 125 cm³/mol. The van der Waals surface area contributed by atoms with Crippen molar-refractivity contribution in [1.29, 1.82) is 0 Å². The topological polar surface area (TPSA) is 131 Å². The third kappa shape index (κ3) is 4.03. The van der Waals surface area contributed by atoms with Crippen LogP contribution in [0.5, 0.6) is 5.75 Å². The molecule has 11 heteroatoms. The molecule has 0 radical (unpaired) electrons. The van der Waals surface area contributed by atoms with Crippen LogP contribution < -0.4 is 15.4 Å². The second-order valence-corrected chi connectivity index (χ2v) is 7.53. The zero-order valence-electron chi connectivity index (χ0n) is 18.6. The van der Waals surface area contributed by atoms with Crippen molar-refractivity contribution in [2.24, 2.45) is 7.05 Å². The first-order chi connectivity index (χ1) is 16.0. The molecule has 3 N–H and O–H groups in total. The van der Waals surface area contributed by atoms with Gasteiger partial charge in [-0.2, -0.15) is 4.80 Å². The molecule has 0 fully saturated rings. The van der Waals surface area contributed by atoms with E-state index >= 15 is 0 Å². The lowest BCUT2D eigenvalue weighted by atomic mass is 10.1. The van der Waals surface area contributed by atoms with E-state index < -0.39 is 0 Å².